The van der Waals surface area contributed by atoms with Gasteiger partial charge in [-0.2, -0.15) is 0 Å². The van der Waals surface area contributed by atoms with Crippen LogP contribution in [0, 0.1) is 0 Å². The van der Waals surface area contributed by atoms with E-state index in [1.165, 1.54) is 11.1 Å². The number of hydrogen-bond acceptors (Lipinski definition) is 6. The highest BCUT2D eigenvalue weighted by Crippen LogP contribution is 2.33. The number of pyridine rings is 1. The largest absolute Gasteiger partial charge is 0.495 e. The Morgan fingerprint density at radius 1 is 1.24 bits per heavy atom. The van der Waals surface area contributed by atoms with Crippen molar-refractivity contribution in [1.29, 1.82) is 0 Å². The highest BCUT2D eigenvalue weighted by molar-refractivity contribution is 7.90. The minimum absolute atomic E-state index is 0.133. The number of aromatic nitrogens is 2. The van der Waals surface area contributed by atoms with Crippen LogP contribution >= 0.6 is 0 Å². The molecule has 0 unspecified atom stereocenters. The zero-order chi connectivity index (χ0) is 20.9. The molecule has 152 valence electrons. The Kier molecular flexibility index (Phi) is 6.30. The molecule has 2 N–H and O–H groups in total. The number of nitrogens with one attached hydrogen (secondary N) is 1. The van der Waals surface area contributed by atoms with E-state index in [-0.39, 0.29) is 11.4 Å². The van der Waals surface area contributed by atoms with Gasteiger partial charge < -0.3 is 15.2 Å². The molecular weight excluding hydrogens is 394 g/mol. The lowest BCUT2D eigenvalue weighted by Crippen LogP contribution is -2.20. The highest BCUT2D eigenvalue weighted by Gasteiger charge is 2.26. The van der Waals surface area contributed by atoms with Gasteiger partial charge in [0.2, 0.25) is 0 Å². The molecule has 0 saturated heterocycles. The maximum atomic E-state index is 13.3. The molecule has 0 bridgehead atoms. The standard InChI is InChI=1S/C19H19N3O3S.CH2O2/c1-25-17-6-2-3-7-18(17)26(23,24)22-13-15(14-8-11-20-12-9-14)19-16(22)5-4-10-21-19;2-1-3/h2-8,10,13,20H,9,11-12H2,1H3;1H,(H,2,3). The maximum Gasteiger partial charge on any atom is 0.290 e. The number of carbonyl (C=O) groups is 1. The first-order chi connectivity index (χ1) is 14.0. The Hall–Kier alpha value is -3.17. The Balaban J connectivity index is 0.000000755. The average Bonchev–Trinajstić information content (AvgIpc) is 3.15. The molecule has 4 rings (SSSR count). The van der Waals surface area contributed by atoms with E-state index in [2.05, 4.69) is 16.4 Å². The normalized spacial score (nSPS) is 13.9. The van der Waals surface area contributed by atoms with Crippen LogP contribution in [0.5, 0.6) is 5.75 Å². The minimum atomic E-state index is -3.82. The van der Waals surface area contributed by atoms with Gasteiger partial charge in [0.25, 0.3) is 16.5 Å². The lowest BCUT2D eigenvalue weighted by molar-refractivity contribution is -0.122. The molecule has 29 heavy (non-hydrogen) atoms. The Morgan fingerprint density at radius 3 is 2.69 bits per heavy atom. The van der Waals surface area contributed by atoms with E-state index < -0.39 is 10.0 Å². The maximum absolute atomic E-state index is 13.3. The molecule has 1 aliphatic heterocycles. The summed E-state index contributed by atoms with van der Waals surface area (Å²) in [5.74, 6) is 0.320. The molecule has 8 nitrogen and oxygen atoms in total. The van der Waals surface area contributed by atoms with Gasteiger partial charge in [-0.05, 0) is 42.8 Å². The van der Waals surface area contributed by atoms with Crippen LogP contribution in [0.25, 0.3) is 16.6 Å². The topological polar surface area (TPSA) is 111 Å². The van der Waals surface area contributed by atoms with Gasteiger partial charge in [-0.1, -0.05) is 18.2 Å². The third-order valence-electron chi connectivity index (χ3n) is 4.54. The first-order valence-corrected chi connectivity index (χ1v) is 10.3. The summed E-state index contributed by atoms with van der Waals surface area (Å²) >= 11 is 0. The molecule has 1 aromatic carbocycles. The molecule has 0 aliphatic carbocycles. The molecular formula is C20H21N3O5S. The van der Waals surface area contributed by atoms with Crippen molar-refractivity contribution in [1.82, 2.24) is 14.3 Å². The summed E-state index contributed by atoms with van der Waals surface area (Å²) < 4.78 is 33.3. The van der Waals surface area contributed by atoms with E-state index in [4.69, 9.17) is 14.6 Å². The van der Waals surface area contributed by atoms with E-state index in [1.807, 2.05) is 0 Å². The number of rotatable bonds is 4. The van der Waals surface area contributed by atoms with Crippen LogP contribution < -0.4 is 10.1 Å². The first-order valence-electron chi connectivity index (χ1n) is 8.87. The fourth-order valence-corrected chi connectivity index (χ4v) is 4.79. The van der Waals surface area contributed by atoms with Gasteiger partial charge in [-0.3, -0.25) is 9.78 Å². The van der Waals surface area contributed by atoms with Crippen molar-refractivity contribution in [3.05, 3.63) is 60.4 Å². The molecule has 0 atom stereocenters. The predicted octanol–water partition coefficient (Wildman–Crippen LogP) is 2.36. The molecule has 9 heteroatoms. The van der Waals surface area contributed by atoms with E-state index >= 15 is 0 Å². The predicted molar refractivity (Wildman–Crippen MR) is 109 cm³/mol. The molecule has 0 radical (unpaired) electrons. The fourth-order valence-electron chi connectivity index (χ4n) is 3.27. The SMILES string of the molecule is COc1ccccc1S(=O)(=O)n1cc(C2=CCNCC2)c2ncccc21.O=CO. The van der Waals surface area contributed by atoms with Crippen LogP contribution in [0.1, 0.15) is 12.0 Å². The summed E-state index contributed by atoms with van der Waals surface area (Å²) in [6, 6.07) is 10.2. The first kappa shape index (κ1) is 20.6. The Morgan fingerprint density at radius 2 is 2.00 bits per heavy atom. The summed E-state index contributed by atoms with van der Waals surface area (Å²) in [5.41, 5.74) is 3.23. The number of nitrogens with zero attached hydrogens (tertiary/aromatic N) is 2. The van der Waals surface area contributed by atoms with Crippen LogP contribution in [0.3, 0.4) is 0 Å². The van der Waals surface area contributed by atoms with E-state index in [9.17, 15) is 8.42 Å². The molecule has 0 spiro atoms. The Labute approximate surface area is 168 Å². The third kappa shape index (κ3) is 4.01. The zero-order valence-electron chi connectivity index (χ0n) is 15.8. The van der Waals surface area contributed by atoms with E-state index in [1.54, 1.807) is 48.8 Å². The molecule has 1 aliphatic rings. The summed E-state index contributed by atoms with van der Waals surface area (Å²) in [7, 11) is -2.35. The summed E-state index contributed by atoms with van der Waals surface area (Å²) in [5, 5.41) is 10.2. The van der Waals surface area contributed by atoms with Crippen molar-refractivity contribution in [3.63, 3.8) is 0 Å². The number of para-hydroxylation sites is 1. The van der Waals surface area contributed by atoms with Gasteiger partial charge in [-0.15, -0.1) is 0 Å². The number of ether oxygens (including phenoxy) is 1. The van der Waals surface area contributed by atoms with Gasteiger partial charge in [-0.25, -0.2) is 12.4 Å². The lowest BCUT2D eigenvalue weighted by Gasteiger charge is -2.13. The molecule has 0 amide bonds. The molecule has 3 aromatic rings. The number of fused-ring (bicyclic) bond motifs is 1. The smallest absolute Gasteiger partial charge is 0.290 e. The molecule has 2 aromatic heterocycles. The molecule has 0 saturated carbocycles. The molecule has 0 fully saturated rings. The van der Waals surface area contributed by atoms with Crippen LogP contribution in [0.2, 0.25) is 0 Å². The zero-order valence-corrected chi connectivity index (χ0v) is 16.6. The average molecular weight is 415 g/mol. The van der Waals surface area contributed by atoms with Crippen molar-refractivity contribution in [2.75, 3.05) is 20.2 Å². The van der Waals surface area contributed by atoms with Crippen LogP contribution in [0.4, 0.5) is 0 Å². The van der Waals surface area contributed by atoms with Gasteiger partial charge >= 0.3 is 0 Å². The second kappa shape index (κ2) is 8.89. The summed E-state index contributed by atoms with van der Waals surface area (Å²) in [4.78, 5) is 12.9. The molecule has 3 heterocycles. The quantitative estimate of drug-likeness (QED) is 0.629. The van der Waals surface area contributed by atoms with Gasteiger partial charge in [0.1, 0.15) is 10.6 Å². The fraction of sp³-hybridized carbons (Fsp3) is 0.200. The van der Waals surface area contributed by atoms with Gasteiger partial charge in [0.05, 0.1) is 18.1 Å². The Bertz CT molecular complexity index is 1150. The van der Waals surface area contributed by atoms with E-state index in [0.29, 0.717) is 16.8 Å². The van der Waals surface area contributed by atoms with Crippen LogP contribution in [-0.4, -0.2) is 49.2 Å². The second-order valence-electron chi connectivity index (χ2n) is 6.15. The van der Waals surface area contributed by atoms with Crippen molar-refractivity contribution >= 4 is 33.1 Å². The van der Waals surface area contributed by atoms with Crippen molar-refractivity contribution in [2.45, 2.75) is 11.3 Å². The third-order valence-corrected chi connectivity index (χ3v) is 6.25. The second-order valence-corrected chi connectivity index (χ2v) is 7.94. The summed E-state index contributed by atoms with van der Waals surface area (Å²) in [6.07, 6.45) is 6.29. The number of hydrogen-bond donors (Lipinski definition) is 2. The lowest BCUT2D eigenvalue weighted by atomic mass is 10.0. The van der Waals surface area contributed by atoms with Crippen molar-refractivity contribution < 1.29 is 23.1 Å². The van der Waals surface area contributed by atoms with Crippen molar-refractivity contribution in [3.8, 4) is 5.75 Å². The van der Waals surface area contributed by atoms with Gasteiger partial charge in [0.15, 0.2) is 0 Å². The van der Waals surface area contributed by atoms with Crippen LogP contribution in [-0.2, 0) is 14.8 Å². The van der Waals surface area contributed by atoms with Gasteiger partial charge in [0, 0.05) is 24.5 Å². The van der Waals surface area contributed by atoms with E-state index in [0.717, 1.165) is 30.6 Å². The highest BCUT2D eigenvalue weighted by atomic mass is 32.2. The van der Waals surface area contributed by atoms with Crippen molar-refractivity contribution in [2.24, 2.45) is 0 Å². The van der Waals surface area contributed by atoms with Crippen LogP contribution in [0.15, 0.2) is 59.8 Å². The summed E-state index contributed by atoms with van der Waals surface area (Å²) in [6.45, 7) is 1.39. The number of benzene rings is 1. The minimum Gasteiger partial charge on any atom is -0.495 e. The monoisotopic (exact) mass is 415 g/mol. The number of carboxylic acid groups (broad SMARTS) is 1. The number of methoxy groups -OCH3 is 1.